The predicted octanol–water partition coefficient (Wildman–Crippen LogP) is 1.36. The van der Waals surface area contributed by atoms with E-state index >= 15 is 0 Å². The van der Waals surface area contributed by atoms with Crippen LogP contribution in [0.25, 0.3) is 0 Å². The van der Waals surface area contributed by atoms with Crippen LogP contribution in [-0.2, 0) is 4.79 Å². The molecule has 1 unspecified atom stereocenters. The largest absolute Gasteiger partial charge is 0.392 e. The molecular formula is C14H24N2O2. The molecule has 18 heavy (non-hydrogen) atoms. The number of piperidine rings is 1. The Morgan fingerprint density at radius 3 is 3.00 bits per heavy atom. The van der Waals surface area contributed by atoms with Crippen LogP contribution >= 0.6 is 0 Å². The highest BCUT2D eigenvalue weighted by Gasteiger charge is 2.24. The summed E-state index contributed by atoms with van der Waals surface area (Å²) in [5, 5.41) is 9.62. The molecule has 0 spiro atoms. The van der Waals surface area contributed by atoms with Crippen molar-refractivity contribution in [1.29, 1.82) is 0 Å². The summed E-state index contributed by atoms with van der Waals surface area (Å²) >= 11 is 0. The molecule has 0 radical (unpaired) electrons. The van der Waals surface area contributed by atoms with Gasteiger partial charge in [0.2, 0.25) is 5.91 Å². The summed E-state index contributed by atoms with van der Waals surface area (Å²) in [5.74, 6) is 0.180. The van der Waals surface area contributed by atoms with Crippen molar-refractivity contribution in [2.24, 2.45) is 0 Å². The van der Waals surface area contributed by atoms with Crippen LogP contribution in [0.2, 0.25) is 0 Å². The van der Waals surface area contributed by atoms with Crippen molar-refractivity contribution in [1.82, 2.24) is 9.80 Å². The van der Waals surface area contributed by atoms with Crippen LogP contribution in [0.15, 0.2) is 11.8 Å². The number of hydrogen-bond donors (Lipinski definition) is 1. The second-order valence-electron chi connectivity index (χ2n) is 5.26. The number of hydrogen-bond acceptors (Lipinski definition) is 3. The van der Waals surface area contributed by atoms with Gasteiger partial charge < -0.3 is 10.0 Å². The maximum atomic E-state index is 12.3. The van der Waals surface area contributed by atoms with Crippen LogP contribution in [0.4, 0.5) is 0 Å². The summed E-state index contributed by atoms with van der Waals surface area (Å²) in [7, 11) is 0. The SMILES string of the molecule is CCN(C(=O)CN1CCCC(O)C1)C1=CCCC1. The van der Waals surface area contributed by atoms with Gasteiger partial charge in [0.25, 0.3) is 0 Å². The van der Waals surface area contributed by atoms with Crippen molar-refractivity contribution in [2.75, 3.05) is 26.2 Å². The zero-order chi connectivity index (χ0) is 13.0. The monoisotopic (exact) mass is 252 g/mol. The molecule has 1 fully saturated rings. The Kier molecular flexibility index (Phi) is 4.78. The third-order valence-electron chi connectivity index (χ3n) is 3.82. The Balaban J connectivity index is 1.89. The molecule has 102 valence electrons. The van der Waals surface area contributed by atoms with Gasteiger partial charge in [0, 0.05) is 18.8 Å². The lowest BCUT2D eigenvalue weighted by Crippen LogP contribution is -2.45. The van der Waals surface area contributed by atoms with Gasteiger partial charge in [0.15, 0.2) is 0 Å². The second kappa shape index (κ2) is 6.34. The molecule has 1 aliphatic heterocycles. The van der Waals surface area contributed by atoms with Gasteiger partial charge in [0.1, 0.15) is 0 Å². The fraction of sp³-hybridized carbons (Fsp3) is 0.786. The molecular weight excluding hydrogens is 228 g/mol. The van der Waals surface area contributed by atoms with E-state index in [0.29, 0.717) is 13.1 Å². The highest BCUT2D eigenvalue weighted by molar-refractivity contribution is 5.80. The van der Waals surface area contributed by atoms with Gasteiger partial charge in [-0.1, -0.05) is 6.08 Å². The molecule has 1 N–H and O–H groups in total. The minimum atomic E-state index is -0.257. The number of rotatable bonds is 4. The molecule has 0 aromatic rings. The molecule has 4 heteroatoms. The number of aliphatic hydroxyl groups is 1. The van der Waals surface area contributed by atoms with Crippen LogP contribution in [0.3, 0.4) is 0 Å². The van der Waals surface area contributed by atoms with Crippen LogP contribution in [-0.4, -0.2) is 53.1 Å². The number of likely N-dealkylation sites (tertiary alicyclic amines) is 1. The minimum absolute atomic E-state index is 0.180. The van der Waals surface area contributed by atoms with Crippen molar-refractivity contribution in [3.8, 4) is 0 Å². The number of amides is 1. The average Bonchev–Trinajstić information content (AvgIpc) is 2.83. The van der Waals surface area contributed by atoms with E-state index in [4.69, 9.17) is 0 Å². The second-order valence-corrected chi connectivity index (χ2v) is 5.26. The Morgan fingerprint density at radius 1 is 1.56 bits per heavy atom. The molecule has 1 amide bonds. The van der Waals surface area contributed by atoms with E-state index in [-0.39, 0.29) is 12.0 Å². The van der Waals surface area contributed by atoms with E-state index in [1.54, 1.807) is 0 Å². The van der Waals surface area contributed by atoms with Gasteiger partial charge in [-0.15, -0.1) is 0 Å². The summed E-state index contributed by atoms with van der Waals surface area (Å²) < 4.78 is 0. The van der Waals surface area contributed by atoms with Gasteiger partial charge in [-0.3, -0.25) is 9.69 Å². The molecule has 0 aromatic carbocycles. The fourth-order valence-electron chi connectivity index (χ4n) is 2.89. The molecule has 1 aliphatic carbocycles. The Bertz CT molecular complexity index is 328. The molecule has 2 rings (SSSR count). The average molecular weight is 252 g/mol. The van der Waals surface area contributed by atoms with Crippen molar-refractivity contribution in [2.45, 2.75) is 45.1 Å². The first-order chi connectivity index (χ1) is 8.70. The van der Waals surface area contributed by atoms with E-state index in [2.05, 4.69) is 11.0 Å². The van der Waals surface area contributed by atoms with E-state index in [0.717, 1.165) is 38.8 Å². The highest BCUT2D eigenvalue weighted by atomic mass is 16.3. The molecule has 4 nitrogen and oxygen atoms in total. The maximum Gasteiger partial charge on any atom is 0.240 e. The molecule has 1 saturated heterocycles. The number of nitrogens with zero attached hydrogens (tertiary/aromatic N) is 2. The smallest absolute Gasteiger partial charge is 0.240 e. The summed E-state index contributed by atoms with van der Waals surface area (Å²) in [6, 6.07) is 0. The van der Waals surface area contributed by atoms with Crippen LogP contribution in [0.5, 0.6) is 0 Å². The lowest BCUT2D eigenvalue weighted by molar-refractivity contribution is -0.131. The lowest BCUT2D eigenvalue weighted by Gasteiger charge is -2.31. The zero-order valence-electron chi connectivity index (χ0n) is 11.3. The first-order valence-corrected chi connectivity index (χ1v) is 7.10. The number of allylic oxidation sites excluding steroid dienone is 2. The van der Waals surface area contributed by atoms with E-state index in [1.165, 1.54) is 12.1 Å². The molecule has 0 aromatic heterocycles. The van der Waals surface area contributed by atoms with Gasteiger partial charge in [-0.2, -0.15) is 0 Å². The van der Waals surface area contributed by atoms with Crippen LogP contribution in [0.1, 0.15) is 39.0 Å². The molecule has 1 heterocycles. The topological polar surface area (TPSA) is 43.8 Å². The van der Waals surface area contributed by atoms with E-state index in [9.17, 15) is 9.90 Å². The first kappa shape index (κ1) is 13.6. The van der Waals surface area contributed by atoms with Gasteiger partial charge in [0.05, 0.1) is 12.6 Å². The van der Waals surface area contributed by atoms with E-state index < -0.39 is 0 Å². The van der Waals surface area contributed by atoms with Crippen molar-refractivity contribution in [3.63, 3.8) is 0 Å². The Hall–Kier alpha value is -0.870. The molecule has 2 aliphatic rings. The maximum absolute atomic E-state index is 12.3. The standard InChI is InChI=1S/C14H24N2O2/c1-2-16(12-6-3-4-7-12)14(18)11-15-9-5-8-13(17)10-15/h6,13,17H,2-5,7-11H2,1H3. The number of carbonyl (C=O) groups is 1. The van der Waals surface area contributed by atoms with Crippen LogP contribution < -0.4 is 0 Å². The van der Waals surface area contributed by atoms with Crippen LogP contribution in [0, 0.1) is 0 Å². The Morgan fingerprint density at radius 2 is 2.39 bits per heavy atom. The normalized spacial score (nSPS) is 25.0. The number of carbonyl (C=O) groups excluding carboxylic acids is 1. The highest BCUT2D eigenvalue weighted by Crippen LogP contribution is 2.21. The molecule has 0 saturated carbocycles. The summed E-state index contributed by atoms with van der Waals surface area (Å²) in [6.45, 7) is 4.80. The predicted molar refractivity (Wildman–Crippen MR) is 71.0 cm³/mol. The van der Waals surface area contributed by atoms with Gasteiger partial charge in [-0.25, -0.2) is 0 Å². The third kappa shape index (κ3) is 3.33. The third-order valence-corrected chi connectivity index (χ3v) is 3.82. The quantitative estimate of drug-likeness (QED) is 0.821. The number of aliphatic hydroxyl groups excluding tert-OH is 1. The van der Waals surface area contributed by atoms with Crippen molar-refractivity contribution in [3.05, 3.63) is 11.8 Å². The zero-order valence-corrected chi connectivity index (χ0v) is 11.3. The Labute approximate surface area is 109 Å². The summed E-state index contributed by atoms with van der Waals surface area (Å²) in [6.07, 6.45) is 7.08. The van der Waals surface area contributed by atoms with E-state index in [1.807, 2.05) is 11.8 Å². The van der Waals surface area contributed by atoms with Crippen molar-refractivity contribution >= 4 is 5.91 Å². The van der Waals surface area contributed by atoms with Crippen molar-refractivity contribution < 1.29 is 9.90 Å². The molecule has 1 atom stereocenters. The summed E-state index contributed by atoms with van der Waals surface area (Å²) in [5.41, 5.74) is 1.19. The van der Waals surface area contributed by atoms with Gasteiger partial charge >= 0.3 is 0 Å². The van der Waals surface area contributed by atoms with Gasteiger partial charge in [-0.05, 0) is 45.6 Å². The summed E-state index contributed by atoms with van der Waals surface area (Å²) in [4.78, 5) is 16.3. The number of β-amino-alcohol motifs (C(OH)–C–C–N with tert-alkyl or cyclic N) is 1. The fourth-order valence-corrected chi connectivity index (χ4v) is 2.89. The molecule has 0 bridgehead atoms. The minimum Gasteiger partial charge on any atom is -0.392 e. The lowest BCUT2D eigenvalue weighted by atomic mass is 10.1. The number of likely N-dealkylation sites (N-methyl/N-ethyl adjacent to an activating group) is 1. The first-order valence-electron chi connectivity index (χ1n) is 7.10.